The van der Waals surface area contributed by atoms with E-state index in [0.29, 0.717) is 0 Å². The summed E-state index contributed by atoms with van der Waals surface area (Å²) in [6, 6.07) is 4.56. The number of aromatic hydroxyl groups is 5. The van der Waals surface area contributed by atoms with Crippen LogP contribution < -0.4 is 56.0 Å². The Hall–Kier alpha value is -10.3. The van der Waals surface area contributed by atoms with Crippen molar-refractivity contribution in [1.82, 2.24) is 31.9 Å². The number of nitrogens with two attached hydrogens (primary N) is 1. The molecule has 13 rings (SSSR count). The van der Waals surface area contributed by atoms with Crippen molar-refractivity contribution in [3.63, 3.8) is 0 Å². The second kappa shape index (κ2) is 23.7. The molecule has 16 N–H and O–H groups in total. The third-order valence-electron chi connectivity index (χ3n) is 14.7. The first-order valence-corrected chi connectivity index (χ1v) is 28.8. The average Bonchev–Trinajstić information content (AvgIpc) is 0.775. The number of fused-ring (bicyclic) bond motifs is 14. The van der Waals surface area contributed by atoms with E-state index in [1.807, 2.05) is 0 Å². The van der Waals surface area contributed by atoms with Crippen LogP contribution in [0.1, 0.15) is 75.3 Å². The summed E-state index contributed by atoms with van der Waals surface area (Å²) in [4.78, 5) is 104. The number of amides is 6. The second-order valence-electron chi connectivity index (χ2n) is 20.7. The van der Waals surface area contributed by atoms with Crippen LogP contribution in [0.15, 0.2) is 109 Å². The van der Waals surface area contributed by atoms with Gasteiger partial charge in [-0.2, -0.15) is 8.42 Å². The summed E-state index contributed by atoms with van der Waals surface area (Å²) in [5, 5.41) is 93.3. The topological polar surface area (TPSA) is 451 Å². The van der Waals surface area contributed by atoms with Gasteiger partial charge in [0, 0.05) is 35.2 Å². The largest absolute Gasteiger partial charge is 0.508 e. The molecule has 0 spiro atoms. The van der Waals surface area contributed by atoms with Crippen molar-refractivity contribution in [2.75, 3.05) is 0 Å². The molecule has 8 atom stereocenters. The second-order valence-corrected chi connectivity index (χ2v) is 23.0. The molecule has 7 aromatic rings. The number of ether oxygens (including phenoxy) is 3. The van der Waals surface area contributed by atoms with Crippen LogP contribution in [0, 0.1) is 0 Å². The number of carbonyl (C=O) groups excluding carboxylic acids is 6. The van der Waals surface area contributed by atoms with Gasteiger partial charge in [0.15, 0.2) is 29.0 Å². The smallest absolute Gasteiger partial charge is 0.446 e. The first-order chi connectivity index (χ1) is 42.6. The van der Waals surface area contributed by atoms with E-state index in [1.165, 1.54) is 18.2 Å². The van der Waals surface area contributed by atoms with Crippen molar-refractivity contribution in [3.05, 3.63) is 163 Å². The molecule has 0 fully saturated rings. The van der Waals surface area contributed by atoms with Crippen LogP contribution >= 0.6 is 34.8 Å². The van der Waals surface area contributed by atoms with Crippen LogP contribution in [-0.2, 0) is 50.4 Å². The number of carboxylic acid groups (broad SMARTS) is 1. The number of carbonyl (C=O) groups is 7. The number of hydrogen-bond acceptors (Lipinski definition) is 20. The fraction of sp³-hybridized carbons (Fsp3) is 0.155. The predicted molar refractivity (Wildman–Crippen MR) is 310 cm³/mol. The Morgan fingerprint density at radius 2 is 1.11 bits per heavy atom. The molecule has 0 radical (unpaired) electrons. The zero-order chi connectivity index (χ0) is 64.5. The number of aliphatic hydroxyl groups is 1. The van der Waals surface area contributed by atoms with Crippen LogP contribution in [0.3, 0.4) is 0 Å². The van der Waals surface area contributed by atoms with Gasteiger partial charge in [-0.1, -0.05) is 53.0 Å². The van der Waals surface area contributed by atoms with Gasteiger partial charge in [-0.25, -0.2) is 4.79 Å². The van der Waals surface area contributed by atoms with Gasteiger partial charge in [-0.3, -0.25) is 33.3 Å². The quantitative estimate of drug-likeness (QED) is 0.102. The number of halogens is 3. The molecule has 0 aliphatic carbocycles. The number of benzene rings is 7. The number of aliphatic hydroxyl groups excluding tert-OH is 1. The van der Waals surface area contributed by atoms with Gasteiger partial charge in [0.2, 0.25) is 41.2 Å². The predicted octanol–water partition coefficient (Wildman–Crippen LogP) is 5.11. The van der Waals surface area contributed by atoms with Gasteiger partial charge in [-0.15, -0.1) is 0 Å². The lowest BCUT2D eigenvalue weighted by atomic mass is 9.89. The molecule has 17 bridgehead atoms. The lowest BCUT2D eigenvalue weighted by Crippen LogP contribution is -2.55. The van der Waals surface area contributed by atoms with E-state index in [0.717, 1.165) is 91.0 Å². The van der Waals surface area contributed by atoms with E-state index in [2.05, 4.69) is 31.9 Å². The maximum absolute atomic E-state index is 15.8. The molecule has 6 aliphatic heterocycles. The van der Waals surface area contributed by atoms with Crippen LogP contribution in [0.5, 0.6) is 69.0 Å². The van der Waals surface area contributed by atoms with Gasteiger partial charge < -0.3 is 91.8 Å². The molecule has 0 unspecified atom stereocenters. The van der Waals surface area contributed by atoms with E-state index >= 15 is 14.4 Å². The lowest BCUT2D eigenvalue weighted by Gasteiger charge is -2.31. The number of carboxylic acids is 1. The maximum Gasteiger partial charge on any atom is 0.446 e. The average molecular weight is 1310 g/mol. The Morgan fingerprint density at radius 3 is 1.74 bits per heavy atom. The molecule has 0 saturated carbocycles. The van der Waals surface area contributed by atoms with Crippen LogP contribution in [-0.4, -0.2) is 102 Å². The minimum Gasteiger partial charge on any atom is -0.508 e. The normalized spacial score (nSPS) is 21.6. The number of nitrogens with one attached hydrogen (secondary N) is 6. The SMILES string of the molecule is N[C@H]1C(=O)N[C@H]2Cc3ccc(c(Cl)c3)Oc3cc4cc(c3O)Oc3ccc(cc3Cl)[C@@H](O)[C@@H]3NC(=O)[C@H](NC(=O)[C@@H]4NC(=O)[C@@H](NC2=O)c2cc(O)cc(c2)Oc2cc1ccc2OS(=O)(=O)O)c1cc(Cl)c(O)c(c1)-c1c(O)cc(O)cc1[C@H](C(=O)O)NC3=O. The molecule has 32 heteroatoms. The number of phenolic OH excluding ortho intramolecular Hbond substituents is 5. The van der Waals surface area contributed by atoms with E-state index in [9.17, 15) is 67.9 Å². The highest BCUT2D eigenvalue weighted by Gasteiger charge is 2.42. The Balaban J connectivity index is 1.15. The summed E-state index contributed by atoms with van der Waals surface area (Å²) in [5.74, 6) is -17.0. The molecule has 464 valence electrons. The van der Waals surface area contributed by atoms with Crippen molar-refractivity contribution in [2.24, 2.45) is 5.73 Å². The third kappa shape index (κ3) is 12.2. The maximum atomic E-state index is 15.8. The standard InChI is InChI=1S/C58H44Cl3N7O21S/c59-31-7-20-1-4-36(31)87-40-15-25-16-41(51(40)74)88-37-5-3-22(12-32(37)60)49(72)48-57(80)67-47(58(81)82)29-18-27(70)19-35(71)42(29)30-11-24(13-33(61)50(30)73)45(56(79)68-48)65-55(78)46(25)66-54(77)44-23-9-26(69)17-28(10-23)86-39-14-21(2-6-38(39)89-90(83,84)85)43(62)53(76)63-34(8-20)52(75)64-44/h1-7,9-19,34,43-49,69-74H,8,62H2,(H,63,76)(H,64,75)(H,65,78)(H,66,77)(H,67,80)(H,68,79)(H,81,82)(H,83,84,85)/t34-,43+,44-,45+,46+,47+,48-,49+/m0/s1. The lowest BCUT2D eigenvalue weighted by molar-refractivity contribution is -0.143. The summed E-state index contributed by atoms with van der Waals surface area (Å²) in [7, 11) is -5.27. The Bertz CT molecular complexity index is 4390. The Kier molecular flexibility index (Phi) is 16.2. The first kappa shape index (κ1) is 61.4. The molecular weight excluding hydrogens is 1270 g/mol. The van der Waals surface area contributed by atoms with Gasteiger partial charge >= 0.3 is 16.4 Å². The highest BCUT2D eigenvalue weighted by molar-refractivity contribution is 7.81. The Labute approximate surface area is 520 Å². The summed E-state index contributed by atoms with van der Waals surface area (Å²) < 4.78 is 56.8. The molecule has 6 amide bonds. The monoisotopic (exact) mass is 1310 g/mol. The summed E-state index contributed by atoms with van der Waals surface area (Å²) in [6.45, 7) is 0. The number of rotatable bonds is 3. The van der Waals surface area contributed by atoms with Crippen LogP contribution in [0.4, 0.5) is 0 Å². The Morgan fingerprint density at radius 1 is 0.544 bits per heavy atom. The van der Waals surface area contributed by atoms with Gasteiger partial charge in [0.05, 0.1) is 15.1 Å². The van der Waals surface area contributed by atoms with Crippen molar-refractivity contribution < 1.29 is 101 Å². The zero-order valence-electron chi connectivity index (χ0n) is 45.2. The van der Waals surface area contributed by atoms with Gasteiger partial charge in [0.1, 0.15) is 82.6 Å². The molecule has 6 aliphatic rings. The van der Waals surface area contributed by atoms with E-state index in [-0.39, 0.29) is 43.8 Å². The molecule has 6 heterocycles. The molecule has 0 aromatic heterocycles. The highest BCUT2D eigenvalue weighted by atomic mass is 35.5. The number of hydrogen-bond donors (Lipinski definition) is 15. The molecular formula is C58H44Cl3N7O21S. The van der Waals surface area contributed by atoms with Crippen LogP contribution in [0.2, 0.25) is 15.1 Å². The third-order valence-corrected chi connectivity index (χ3v) is 16.0. The van der Waals surface area contributed by atoms with E-state index in [1.54, 1.807) is 0 Å². The van der Waals surface area contributed by atoms with Crippen molar-refractivity contribution >= 4 is 86.6 Å². The molecule has 0 saturated heterocycles. The molecule has 28 nitrogen and oxygen atoms in total. The van der Waals surface area contributed by atoms with E-state index in [4.69, 9.17) is 58.9 Å². The molecule has 7 aromatic carbocycles. The zero-order valence-corrected chi connectivity index (χ0v) is 48.3. The van der Waals surface area contributed by atoms with Gasteiger partial charge in [0.25, 0.3) is 0 Å². The van der Waals surface area contributed by atoms with Crippen molar-refractivity contribution in [1.29, 1.82) is 0 Å². The van der Waals surface area contributed by atoms with E-state index < -0.39 is 197 Å². The van der Waals surface area contributed by atoms with Crippen molar-refractivity contribution in [2.45, 2.75) is 54.8 Å². The fourth-order valence-corrected chi connectivity index (χ4v) is 11.5. The minimum absolute atomic E-state index is 0.0722. The summed E-state index contributed by atoms with van der Waals surface area (Å²) in [6.07, 6.45) is -2.62. The fourth-order valence-electron chi connectivity index (χ4n) is 10.4. The van der Waals surface area contributed by atoms with Crippen LogP contribution in [0.25, 0.3) is 11.1 Å². The van der Waals surface area contributed by atoms with Gasteiger partial charge in [-0.05, 0) is 112 Å². The van der Waals surface area contributed by atoms with Crippen molar-refractivity contribution in [3.8, 4) is 80.1 Å². The minimum atomic E-state index is -5.27. The summed E-state index contributed by atoms with van der Waals surface area (Å²) >= 11 is 20.3. The number of aliphatic carboxylic acids is 1. The summed E-state index contributed by atoms with van der Waals surface area (Å²) in [5.41, 5.74) is 3.40. The number of phenols is 5. The first-order valence-electron chi connectivity index (χ1n) is 26.3. The molecule has 90 heavy (non-hydrogen) atoms. The highest BCUT2D eigenvalue weighted by Crippen LogP contribution is 2.49.